The molecule has 0 aromatic rings. The monoisotopic (exact) mass is 260 g/mol. The normalized spacial score (nSPS) is 41.4. The van der Waals surface area contributed by atoms with Crippen molar-refractivity contribution in [1.82, 2.24) is 0 Å². The first-order chi connectivity index (χ1) is 9.15. The summed E-state index contributed by atoms with van der Waals surface area (Å²) in [5.41, 5.74) is 3.87. The van der Waals surface area contributed by atoms with Crippen molar-refractivity contribution in [1.29, 1.82) is 10.5 Å². The van der Waals surface area contributed by atoms with Gasteiger partial charge in [-0.25, -0.2) is 4.99 Å². The maximum absolute atomic E-state index is 9.69. The highest BCUT2D eigenvalue weighted by molar-refractivity contribution is 5.98. The van der Waals surface area contributed by atoms with E-state index >= 15 is 0 Å². The quantitative estimate of drug-likeness (QED) is 0.811. The fourth-order valence-electron chi connectivity index (χ4n) is 3.73. The number of nitrogens with zero attached hydrogens (tertiary/aromatic N) is 3. The Morgan fingerprint density at radius 3 is 2.58 bits per heavy atom. The molecule has 1 aliphatic carbocycles. The third-order valence-corrected chi connectivity index (χ3v) is 4.63. The van der Waals surface area contributed by atoms with E-state index in [1.807, 2.05) is 0 Å². The number of unbranched alkanes of at least 4 members (excludes halogenated alkanes) is 1. The fraction of sp³-hybridized carbons (Fsp3) is 0.769. The maximum atomic E-state index is 9.69. The first-order valence-corrected chi connectivity index (χ1v) is 6.61. The van der Waals surface area contributed by atoms with Gasteiger partial charge in [-0.15, -0.1) is 0 Å². The van der Waals surface area contributed by atoms with E-state index in [0.29, 0.717) is 13.2 Å². The molecule has 3 rings (SSSR count). The van der Waals surface area contributed by atoms with Crippen molar-refractivity contribution in [3.8, 4) is 12.1 Å². The summed E-state index contributed by atoms with van der Waals surface area (Å²) in [5, 5.41) is 19.3. The Labute approximate surface area is 111 Å². The highest BCUT2D eigenvalue weighted by Crippen LogP contribution is 2.79. The zero-order valence-corrected chi connectivity index (χ0v) is 10.8. The molecular formula is C13H16N4O2. The molecule has 2 N–H and O–H groups in total. The molecule has 100 valence electrons. The van der Waals surface area contributed by atoms with Crippen LogP contribution in [0.4, 0.5) is 0 Å². The van der Waals surface area contributed by atoms with Crippen molar-refractivity contribution in [2.75, 3.05) is 13.2 Å². The van der Waals surface area contributed by atoms with Crippen LogP contribution in [-0.2, 0) is 9.47 Å². The summed E-state index contributed by atoms with van der Waals surface area (Å²) in [6.45, 7) is 2.83. The Morgan fingerprint density at radius 1 is 1.37 bits per heavy atom. The van der Waals surface area contributed by atoms with Gasteiger partial charge in [-0.3, -0.25) is 0 Å². The Morgan fingerprint density at radius 2 is 2.05 bits per heavy atom. The predicted octanol–water partition coefficient (Wildman–Crippen LogP) is 0.898. The minimum atomic E-state index is -1.35. The SMILES string of the molecule is CCCC[C@@H]1[C@]2(C#N)C(N)=NC3(OCCO3)[C@]12C#N. The molecule has 6 nitrogen and oxygen atoms in total. The zero-order valence-electron chi connectivity index (χ0n) is 10.8. The molecule has 0 aromatic carbocycles. The van der Waals surface area contributed by atoms with Gasteiger partial charge in [-0.05, 0) is 6.42 Å². The molecule has 6 heteroatoms. The number of nitriles is 2. The molecule has 1 spiro atoms. The Balaban J connectivity index is 2.06. The third kappa shape index (κ3) is 1.06. The lowest BCUT2D eigenvalue weighted by Crippen LogP contribution is -2.39. The molecule has 2 heterocycles. The summed E-state index contributed by atoms with van der Waals surface area (Å²) >= 11 is 0. The summed E-state index contributed by atoms with van der Waals surface area (Å²) in [4.78, 5) is 4.20. The van der Waals surface area contributed by atoms with Crippen LogP contribution in [-0.4, -0.2) is 25.0 Å². The van der Waals surface area contributed by atoms with E-state index < -0.39 is 16.7 Å². The second-order valence-electron chi connectivity index (χ2n) is 5.31. The van der Waals surface area contributed by atoms with Crippen molar-refractivity contribution in [3.63, 3.8) is 0 Å². The summed E-state index contributed by atoms with van der Waals surface area (Å²) < 4.78 is 11.2. The second kappa shape index (κ2) is 3.69. The zero-order chi connectivity index (χ0) is 13.7. The van der Waals surface area contributed by atoms with Gasteiger partial charge in [-0.1, -0.05) is 19.8 Å². The van der Waals surface area contributed by atoms with E-state index in [-0.39, 0.29) is 11.8 Å². The smallest absolute Gasteiger partial charge is 0.293 e. The molecule has 2 fully saturated rings. The average molecular weight is 260 g/mol. The summed E-state index contributed by atoms with van der Waals surface area (Å²) in [6.07, 6.45) is 2.72. The topological polar surface area (TPSA) is 104 Å². The van der Waals surface area contributed by atoms with Gasteiger partial charge in [-0.2, -0.15) is 10.5 Å². The third-order valence-electron chi connectivity index (χ3n) is 4.63. The molecule has 1 saturated heterocycles. The van der Waals surface area contributed by atoms with E-state index in [1.165, 1.54) is 0 Å². The Kier molecular flexibility index (Phi) is 2.41. The van der Waals surface area contributed by atoms with Gasteiger partial charge in [0.1, 0.15) is 11.3 Å². The molecule has 0 unspecified atom stereocenters. The van der Waals surface area contributed by atoms with Crippen LogP contribution in [0.15, 0.2) is 4.99 Å². The maximum Gasteiger partial charge on any atom is 0.293 e. The van der Waals surface area contributed by atoms with E-state index in [9.17, 15) is 10.5 Å². The van der Waals surface area contributed by atoms with Crippen molar-refractivity contribution >= 4 is 5.84 Å². The van der Waals surface area contributed by atoms with E-state index in [4.69, 9.17) is 15.2 Å². The van der Waals surface area contributed by atoms with Crippen LogP contribution in [0.5, 0.6) is 0 Å². The van der Waals surface area contributed by atoms with E-state index in [2.05, 4.69) is 24.1 Å². The lowest BCUT2D eigenvalue weighted by molar-refractivity contribution is -0.186. The van der Waals surface area contributed by atoms with Gasteiger partial charge in [0.25, 0.3) is 5.91 Å². The summed E-state index contributed by atoms with van der Waals surface area (Å²) in [5.74, 6) is -1.30. The number of nitrogens with two attached hydrogens (primary N) is 1. The Hall–Kier alpha value is -1.63. The van der Waals surface area contributed by atoms with Crippen LogP contribution in [0.25, 0.3) is 0 Å². The molecule has 0 bridgehead atoms. The number of aliphatic imine (C=N–C) groups is 1. The number of fused-ring (bicyclic) bond motifs is 2. The number of hydrogen-bond donors (Lipinski definition) is 1. The van der Waals surface area contributed by atoms with Gasteiger partial charge >= 0.3 is 0 Å². The molecule has 19 heavy (non-hydrogen) atoms. The molecule has 0 aromatic heterocycles. The molecule has 3 aliphatic rings. The minimum Gasteiger partial charge on any atom is -0.386 e. The molecule has 3 atom stereocenters. The number of hydrogen-bond acceptors (Lipinski definition) is 6. The molecule has 0 radical (unpaired) electrons. The first-order valence-electron chi connectivity index (χ1n) is 6.61. The minimum absolute atomic E-state index is 0.148. The number of amidine groups is 1. The van der Waals surface area contributed by atoms with Crippen molar-refractivity contribution in [2.24, 2.45) is 27.5 Å². The average Bonchev–Trinajstić information content (AvgIpc) is 2.67. The standard InChI is InChI=1S/C13H16N4O2/c1-2-3-4-9-11(7-14)10(16)17-13(12(9,11)8-15)18-5-6-19-13/h9H,2-6H2,1H3,(H2,16,17)/t9-,11-,12-/m1/s1. The lowest BCUT2D eigenvalue weighted by Gasteiger charge is -2.25. The predicted molar refractivity (Wildman–Crippen MR) is 65.4 cm³/mol. The molecule has 0 amide bonds. The molecule has 1 saturated carbocycles. The first kappa shape index (κ1) is 12.4. The summed E-state index contributed by atoms with van der Waals surface area (Å²) in [7, 11) is 0. The second-order valence-corrected chi connectivity index (χ2v) is 5.31. The largest absolute Gasteiger partial charge is 0.386 e. The highest BCUT2D eigenvalue weighted by atomic mass is 16.8. The van der Waals surface area contributed by atoms with Gasteiger partial charge in [0.2, 0.25) is 0 Å². The van der Waals surface area contributed by atoms with Crippen LogP contribution in [0.3, 0.4) is 0 Å². The van der Waals surface area contributed by atoms with Crippen LogP contribution >= 0.6 is 0 Å². The van der Waals surface area contributed by atoms with Gasteiger partial charge in [0.05, 0.1) is 25.4 Å². The highest BCUT2D eigenvalue weighted by Gasteiger charge is 2.93. The summed E-state index contributed by atoms with van der Waals surface area (Å²) in [6, 6.07) is 4.49. The van der Waals surface area contributed by atoms with E-state index in [0.717, 1.165) is 19.3 Å². The van der Waals surface area contributed by atoms with Gasteiger partial charge < -0.3 is 15.2 Å². The lowest BCUT2D eigenvalue weighted by atomic mass is 9.94. The number of ether oxygens (including phenoxy) is 2. The number of rotatable bonds is 3. The van der Waals surface area contributed by atoms with Crippen molar-refractivity contribution in [2.45, 2.75) is 32.1 Å². The van der Waals surface area contributed by atoms with Crippen LogP contribution < -0.4 is 5.73 Å². The van der Waals surface area contributed by atoms with Crippen molar-refractivity contribution < 1.29 is 9.47 Å². The van der Waals surface area contributed by atoms with Crippen LogP contribution in [0.1, 0.15) is 26.2 Å². The molecule has 2 aliphatic heterocycles. The van der Waals surface area contributed by atoms with E-state index in [1.54, 1.807) is 0 Å². The van der Waals surface area contributed by atoms with Crippen LogP contribution in [0.2, 0.25) is 0 Å². The fourth-order valence-corrected chi connectivity index (χ4v) is 3.73. The van der Waals surface area contributed by atoms with Gasteiger partial charge in [0, 0.05) is 5.92 Å². The van der Waals surface area contributed by atoms with Gasteiger partial charge in [0.15, 0.2) is 5.41 Å². The Bertz CT molecular complexity index is 526. The van der Waals surface area contributed by atoms with Crippen molar-refractivity contribution in [3.05, 3.63) is 0 Å². The van der Waals surface area contributed by atoms with Crippen LogP contribution in [0, 0.1) is 39.4 Å². The molecular weight excluding hydrogens is 244 g/mol.